The van der Waals surface area contributed by atoms with Gasteiger partial charge in [-0.15, -0.1) is 0 Å². The maximum atomic E-state index is 11.7. The lowest BCUT2D eigenvalue weighted by Crippen LogP contribution is -2.16. The molecular weight excluding hydrogens is 610 g/mol. The predicted molar refractivity (Wildman–Crippen MR) is 131 cm³/mol. The van der Waals surface area contributed by atoms with Crippen molar-refractivity contribution in [1.82, 2.24) is 19.5 Å². The summed E-state index contributed by atoms with van der Waals surface area (Å²) in [5.41, 5.74) is 6.53. The molecule has 1 saturated heterocycles. The zero-order valence-corrected chi connectivity index (χ0v) is 23.0. The number of fused-ring (bicyclic) bond motifs is 1. The summed E-state index contributed by atoms with van der Waals surface area (Å²) in [7, 11) is -20.2. The van der Waals surface area contributed by atoms with Gasteiger partial charge < -0.3 is 39.8 Å². The minimum atomic E-state index is -5.56. The van der Waals surface area contributed by atoms with Crippen molar-refractivity contribution >= 4 is 53.4 Å². The van der Waals surface area contributed by atoms with E-state index in [9.17, 15) is 23.2 Å². The van der Waals surface area contributed by atoms with Crippen LogP contribution < -0.4 is 11.0 Å². The van der Waals surface area contributed by atoms with Crippen molar-refractivity contribution in [1.29, 1.82) is 0 Å². The number of benzene rings is 1. The summed E-state index contributed by atoms with van der Waals surface area (Å²) in [5, 5.41) is 0.0648. The Morgan fingerprint density at radius 3 is 2.18 bits per heavy atom. The Labute approximate surface area is 219 Å². The van der Waals surface area contributed by atoms with Crippen molar-refractivity contribution in [2.45, 2.75) is 25.2 Å². The monoisotopic (exact) mass is 633 g/mol. The quantitative estimate of drug-likeness (QED) is 0.161. The van der Waals surface area contributed by atoms with E-state index in [0.29, 0.717) is 24.0 Å². The minimum Gasteiger partial charge on any atom is -0.382 e. The van der Waals surface area contributed by atoms with Gasteiger partial charge in [0.25, 0.3) is 0 Å². The van der Waals surface area contributed by atoms with Crippen LogP contribution >= 0.6 is 31.1 Å². The molecule has 19 nitrogen and oxygen atoms in total. The Hall–Kier alpha value is -1.91. The summed E-state index contributed by atoms with van der Waals surface area (Å²) >= 11 is 0. The number of anilines is 1. The highest BCUT2D eigenvalue weighted by atomic mass is 31.3. The molecule has 23 heteroatoms. The second-order valence-electron chi connectivity index (χ2n) is 7.64. The average molecular weight is 633 g/mol. The Morgan fingerprint density at radius 1 is 0.923 bits per heavy atom. The average Bonchev–Trinajstić information content (AvgIpc) is 3.43. The zero-order chi connectivity index (χ0) is 29.1. The maximum Gasteiger partial charge on any atom is 0.490 e. The molecule has 1 fully saturated rings. The van der Waals surface area contributed by atoms with E-state index in [1.807, 2.05) is 0 Å². The van der Waals surface area contributed by atoms with E-state index in [0.717, 1.165) is 0 Å². The van der Waals surface area contributed by atoms with Gasteiger partial charge in [0.05, 0.1) is 24.3 Å². The lowest BCUT2D eigenvalue weighted by Gasteiger charge is -2.18. The molecule has 0 saturated carbocycles. The van der Waals surface area contributed by atoms with Crippen LogP contribution in [0, 0.1) is 0 Å². The molecule has 2 unspecified atom stereocenters. The van der Waals surface area contributed by atoms with Gasteiger partial charge in [0.15, 0.2) is 11.5 Å². The summed E-state index contributed by atoms with van der Waals surface area (Å²) < 4.78 is 63.3. The maximum absolute atomic E-state index is 11.7. The summed E-state index contributed by atoms with van der Waals surface area (Å²) in [4.78, 5) is 64.8. The number of rotatable bonds is 9. The van der Waals surface area contributed by atoms with Gasteiger partial charge in [0.1, 0.15) is 18.1 Å². The van der Waals surface area contributed by atoms with E-state index in [-0.39, 0.29) is 11.1 Å². The number of hydrogen-bond acceptors (Lipinski definition) is 12. The van der Waals surface area contributed by atoms with E-state index in [1.165, 1.54) is 24.8 Å². The van der Waals surface area contributed by atoms with Gasteiger partial charge in [-0.3, -0.25) is 13.7 Å². The number of ether oxygens (including phenoxy) is 1. The third kappa shape index (κ3) is 9.60. The fraction of sp³-hybridized carbons (Fsp3) is 0.312. The highest BCUT2D eigenvalue weighted by Crippen LogP contribution is 2.66. The van der Waals surface area contributed by atoms with Crippen LogP contribution in [0.3, 0.4) is 0 Å². The predicted octanol–water partition coefficient (Wildman–Crippen LogP) is 0.919. The molecule has 4 rings (SSSR count). The van der Waals surface area contributed by atoms with Crippen molar-refractivity contribution in [3.05, 3.63) is 43.0 Å². The minimum absolute atomic E-state index is 0.0648. The highest BCUT2D eigenvalue weighted by molar-refractivity contribution is 7.66. The van der Waals surface area contributed by atoms with Crippen LogP contribution in [-0.2, 0) is 36.1 Å². The number of phosphoric acid groups is 3. The Bertz CT molecular complexity index is 1480. The lowest BCUT2D eigenvalue weighted by atomic mass is 10.2. The molecule has 216 valence electrons. The van der Waals surface area contributed by atoms with Crippen LogP contribution in [0.4, 0.5) is 5.82 Å². The third-order valence-corrected chi connectivity index (χ3v) is 9.49. The van der Waals surface area contributed by atoms with E-state index < -0.39 is 50.0 Å². The zero-order valence-electron chi connectivity index (χ0n) is 19.4. The number of phosphoric ester groups is 1. The van der Waals surface area contributed by atoms with Crippen molar-refractivity contribution < 1.29 is 65.5 Å². The molecule has 8 N–H and O–H groups in total. The van der Waals surface area contributed by atoms with Crippen LogP contribution in [-0.4, -0.2) is 61.6 Å². The molecule has 0 aliphatic carbocycles. The molecule has 2 aromatic heterocycles. The van der Waals surface area contributed by atoms with Crippen LogP contribution in [0.25, 0.3) is 11.2 Å². The Morgan fingerprint density at radius 2 is 1.59 bits per heavy atom. The van der Waals surface area contributed by atoms with Crippen LogP contribution in [0.15, 0.2) is 43.0 Å². The molecule has 0 amide bonds. The van der Waals surface area contributed by atoms with Gasteiger partial charge in [-0.25, -0.2) is 28.6 Å². The van der Waals surface area contributed by atoms with Gasteiger partial charge in [-0.05, 0) is 25.0 Å². The largest absolute Gasteiger partial charge is 0.490 e. The van der Waals surface area contributed by atoms with Crippen molar-refractivity contribution in [3.8, 4) is 0 Å². The molecule has 3 aromatic rings. The van der Waals surface area contributed by atoms with Gasteiger partial charge in [-0.1, -0.05) is 18.2 Å². The fourth-order valence-corrected chi connectivity index (χ4v) is 6.81. The Balaban J connectivity index is 0.000000353. The number of nitrogens with two attached hydrogens (primary N) is 1. The Kier molecular flexibility index (Phi) is 9.98. The molecule has 1 aliphatic rings. The second kappa shape index (κ2) is 12.3. The molecule has 39 heavy (non-hydrogen) atoms. The molecule has 0 radical (unpaired) electrons. The van der Waals surface area contributed by atoms with E-state index in [4.69, 9.17) is 34.9 Å². The van der Waals surface area contributed by atoms with Crippen molar-refractivity contribution in [2.75, 3.05) is 12.3 Å². The van der Waals surface area contributed by atoms with Gasteiger partial charge in [0, 0.05) is 0 Å². The summed E-state index contributed by atoms with van der Waals surface area (Å²) in [5.74, 6) is 0.191. The first-order valence-corrected chi connectivity index (χ1v) is 16.6. The SMILES string of the molecule is Nc1ncnc2c1ncn2[C@H]1CC[C@@H](COP(=O)(O)OP(=O)(O)OP(=O)(O)O)O1.O=P(O)(O)c1ccccc1. The highest BCUT2D eigenvalue weighted by Gasteiger charge is 2.41. The van der Waals surface area contributed by atoms with Crippen LogP contribution in [0.5, 0.6) is 0 Å². The van der Waals surface area contributed by atoms with Crippen LogP contribution in [0.2, 0.25) is 0 Å². The molecular formula is C16H23N5O14P4. The number of nitrogens with zero attached hydrogens (tertiary/aromatic N) is 4. The van der Waals surface area contributed by atoms with E-state index in [1.54, 1.807) is 22.8 Å². The smallest absolute Gasteiger partial charge is 0.382 e. The first-order valence-electron chi connectivity index (χ1n) is 10.4. The fourth-order valence-electron chi connectivity index (χ4n) is 3.20. The third-order valence-electron chi connectivity index (χ3n) is 4.71. The standard InChI is InChI=1S/C10H16N5O11P3.C6H7O3P/c11-9-8-10(13-4-12-9)15(5-14-8)7-2-1-6(24-7)3-23-28(19,20)26-29(21,22)25-27(16,17)18;7-10(8,9)6-4-2-1-3-5-6/h4-7H,1-3H2,(H,19,20)(H,21,22)(H2,11,12,13)(H2,16,17,18);1-5H,(H2,7,8,9)/t6-,7+;/m0./s1. The van der Waals surface area contributed by atoms with Crippen molar-refractivity contribution in [3.63, 3.8) is 0 Å². The summed E-state index contributed by atoms with van der Waals surface area (Å²) in [6.45, 7) is -0.524. The molecule has 3 heterocycles. The molecule has 1 aromatic carbocycles. The number of aromatic nitrogens is 4. The van der Waals surface area contributed by atoms with Crippen molar-refractivity contribution in [2.24, 2.45) is 0 Å². The van der Waals surface area contributed by atoms with Crippen LogP contribution in [0.1, 0.15) is 19.1 Å². The lowest BCUT2D eigenvalue weighted by molar-refractivity contribution is -0.0205. The van der Waals surface area contributed by atoms with E-state index in [2.05, 4.69) is 28.1 Å². The first kappa shape index (κ1) is 31.6. The second-order valence-corrected chi connectivity index (χ2v) is 13.7. The number of imidazole rings is 1. The first-order chi connectivity index (χ1) is 18.0. The molecule has 1 aliphatic heterocycles. The number of hydrogen-bond donors (Lipinski definition) is 7. The van der Waals surface area contributed by atoms with Gasteiger partial charge >= 0.3 is 31.1 Å². The summed E-state index contributed by atoms with van der Waals surface area (Å²) in [6.07, 6.45) is 2.30. The van der Waals surface area contributed by atoms with Gasteiger partial charge in [0.2, 0.25) is 0 Å². The molecule has 0 bridgehead atoms. The van der Waals surface area contributed by atoms with Gasteiger partial charge in [-0.2, -0.15) is 8.62 Å². The molecule has 0 spiro atoms. The number of nitrogen functional groups attached to an aromatic ring is 1. The van der Waals surface area contributed by atoms with E-state index >= 15 is 0 Å². The topological polar surface area (TPSA) is 296 Å². The normalized spacial score (nSPS) is 21.1. The molecule has 4 atom stereocenters. The summed E-state index contributed by atoms with van der Waals surface area (Å²) in [6, 6.07) is 7.70.